The van der Waals surface area contributed by atoms with Crippen molar-refractivity contribution in [2.75, 3.05) is 12.5 Å². The number of thiazole rings is 1. The van der Waals surface area contributed by atoms with Crippen molar-refractivity contribution in [2.45, 2.75) is 0 Å². The average molecular weight is 353 g/mol. The molecular weight excluding hydrogens is 338 g/mol. The highest BCUT2D eigenvalue weighted by Gasteiger charge is 2.04. The van der Waals surface area contributed by atoms with Crippen LogP contribution in [0.3, 0.4) is 0 Å². The van der Waals surface area contributed by atoms with Crippen LogP contribution in [0, 0.1) is 0 Å². The fourth-order valence-corrected chi connectivity index (χ4v) is 2.76. The van der Waals surface area contributed by atoms with Crippen molar-refractivity contribution in [3.05, 3.63) is 65.0 Å². The third-order valence-corrected chi connectivity index (χ3v) is 4.17. The monoisotopic (exact) mass is 353 g/mol. The van der Waals surface area contributed by atoms with Gasteiger partial charge in [-0.1, -0.05) is 12.1 Å². The zero-order valence-electron chi connectivity index (χ0n) is 13.3. The molecule has 3 rings (SSSR count). The standard InChI is InChI=1S/C18H15N3O3S/c1-24-15-8-6-13(7-9-15)16-11-25-18(20-16)21-19-10-12-2-4-14(5-3-12)17(22)23/h2-11H,1H3,(H,20,21)(H,22,23)/b19-10+. The van der Waals surface area contributed by atoms with Gasteiger partial charge in [0.15, 0.2) is 0 Å². The van der Waals surface area contributed by atoms with Crippen LogP contribution in [0.5, 0.6) is 5.75 Å². The number of aromatic carboxylic acids is 1. The lowest BCUT2D eigenvalue weighted by Gasteiger charge is -2.00. The molecule has 1 heterocycles. The minimum Gasteiger partial charge on any atom is -0.497 e. The van der Waals surface area contributed by atoms with Gasteiger partial charge < -0.3 is 9.84 Å². The topological polar surface area (TPSA) is 83.8 Å². The number of methoxy groups -OCH3 is 1. The van der Waals surface area contributed by atoms with Crippen molar-refractivity contribution in [3.8, 4) is 17.0 Å². The summed E-state index contributed by atoms with van der Waals surface area (Å²) < 4.78 is 5.14. The zero-order valence-corrected chi connectivity index (χ0v) is 14.2. The van der Waals surface area contributed by atoms with E-state index in [0.717, 1.165) is 22.6 Å². The summed E-state index contributed by atoms with van der Waals surface area (Å²) in [6.45, 7) is 0. The minimum absolute atomic E-state index is 0.245. The first-order valence-corrected chi connectivity index (χ1v) is 8.26. The number of ether oxygens (including phenoxy) is 1. The smallest absolute Gasteiger partial charge is 0.335 e. The fourth-order valence-electron chi connectivity index (χ4n) is 2.09. The number of hydrogen-bond acceptors (Lipinski definition) is 6. The molecule has 0 radical (unpaired) electrons. The number of nitrogens with zero attached hydrogens (tertiary/aromatic N) is 2. The summed E-state index contributed by atoms with van der Waals surface area (Å²) in [5.41, 5.74) is 5.78. The molecule has 0 aliphatic rings. The summed E-state index contributed by atoms with van der Waals surface area (Å²) in [6.07, 6.45) is 1.61. The molecule has 3 aromatic rings. The van der Waals surface area contributed by atoms with Gasteiger partial charge in [0.2, 0.25) is 5.13 Å². The first-order chi connectivity index (χ1) is 12.2. The van der Waals surface area contributed by atoms with Crippen LogP contribution in [0.1, 0.15) is 15.9 Å². The lowest BCUT2D eigenvalue weighted by Crippen LogP contribution is -1.96. The van der Waals surface area contributed by atoms with Crippen LogP contribution < -0.4 is 10.2 Å². The Kier molecular flexibility index (Phi) is 5.06. The molecule has 0 spiro atoms. The van der Waals surface area contributed by atoms with Crippen LogP contribution in [-0.2, 0) is 0 Å². The third-order valence-electron chi connectivity index (χ3n) is 3.42. The SMILES string of the molecule is COc1ccc(-c2csc(N/N=C/c3ccc(C(=O)O)cc3)n2)cc1. The molecular formula is C18H15N3O3S. The summed E-state index contributed by atoms with van der Waals surface area (Å²) in [5.74, 6) is -0.147. The number of nitrogens with one attached hydrogen (secondary N) is 1. The van der Waals surface area contributed by atoms with E-state index in [4.69, 9.17) is 9.84 Å². The minimum atomic E-state index is -0.949. The number of carboxylic acid groups (broad SMARTS) is 1. The van der Waals surface area contributed by atoms with Gasteiger partial charge in [-0.2, -0.15) is 5.10 Å². The molecule has 126 valence electrons. The molecule has 0 saturated carbocycles. The Morgan fingerprint density at radius 1 is 1.20 bits per heavy atom. The Morgan fingerprint density at radius 2 is 1.92 bits per heavy atom. The number of rotatable bonds is 6. The maximum atomic E-state index is 10.8. The van der Waals surface area contributed by atoms with E-state index in [-0.39, 0.29) is 5.56 Å². The molecule has 0 bridgehead atoms. The highest BCUT2D eigenvalue weighted by Crippen LogP contribution is 2.26. The quantitative estimate of drug-likeness (QED) is 0.517. The summed E-state index contributed by atoms with van der Waals surface area (Å²) in [6, 6.07) is 14.1. The lowest BCUT2D eigenvalue weighted by molar-refractivity contribution is 0.0697. The van der Waals surface area contributed by atoms with Crippen molar-refractivity contribution >= 4 is 28.7 Å². The molecule has 0 saturated heterocycles. The van der Waals surface area contributed by atoms with Gasteiger partial charge in [0.25, 0.3) is 0 Å². The Morgan fingerprint density at radius 3 is 2.56 bits per heavy atom. The van der Waals surface area contributed by atoms with Crippen LogP contribution in [0.15, 0.2) is 59.0 Å². The summed E-state index contributed by atoms with van der Waals surface area (Å²) >= 11 is 1.45. The molecule has 7 heteroatoms. The molecule has 2 N–H and O–H groups in total. The van der Waals surface area contributed by atoms with Gasteiger partial charge in [-0.15, -0.1) is 11.3 Å². The van der Waals surface area contributed by atoms with Gasteiger partial charge in [0, 0.05) is 10.9 Å². The zero-order chi connectivity index (χ0) is 17.6. The molecule has 0 amide bonds. The van der Waals surface area contributed by atoms with Gasteiger partial charge in [0.05, 0.1) is 24.6 Å². The van der Waals surface area contributed by atoms with Crippen molar-refractivity contribution in [3.63, 3.8) is 0 Å². The maximum Gasteiger partial charge on any atom is 0.335 e. The summed E-state index contributed by atoms with van der Waals surface area (Å²) in [5, 5.41) is 15.6. The van der Waals surface area contributed by atoms with Crippen molar-refractivity contribution in [1.29, 1.82) is 0 Å². The number of aromatic nitrogens is 1. The Balaban J connectivity index is 1.63. The Bertz CT molecular complexity index is 887. The van der Waals surface area contributed by atoms with Crippen LogP contribution in [0.4, 0.5) is 5.13 Å². The first kappa shape index (κ1) is 16.7. The maximum absolute atomic E-state index is 10.8. The number of carbonyl (C=O) groups is 1. The van der Waals surface area contributed by atoms with Crippen molar-refractivity contribution < 1.29 is 14.6 Å². The number of hydrogen-bond donors (Lipinski definition) is 2. The third kappa shape index (κ3) is 4.21. The normalized spacial score (nSPS) is 10.8. The second kappa shape index (κ2) is 7.59. The van der Waals surface area contributed by atoms with E-state index in [9.17, 15) is 4.79 Å². The van der Waals surface area contributed by atoms with Crippen LogP contribution in [0.2, 0.25) is 0 Å². The second-order valence-corrected chi connectivity index (χ2v) is 5.92. The lowest BCUT2D eigenvalue weighted by atomic mass is 10.1. The molecule has 2 aromatic carbocycles. The molecule has 1 aromatic heterocycles. The fraction of sp³-hybridized carbons (Fsp3) is 0.0556. The van der Waals surface area contributed by atoms with E-state index in [1.165, 1.54) is 23.5 Å². The van der Waals surface area contributed by atoms with Crippen molar-refractivity contribution in [2.24, 2.45) is 5.10 Å². The van der Waals surface area contributed by atoms with Crippen LogP contribution in [-0.4, -0.2) is 29.4 Å². The largest absolute Gasteiger partial charge is 0.497 e. The van der Waals surface area contributed by atoms with E-state index in [2.05, 4.69) is 15.5 Å². The summed E-state index contributed by atoms with van der Waals surface area (Å²) in [4.78, 5) is 15.3. The van der Waals surface area contributed by atoms with Gasteiger partial charge in [0.1, 0.15) is 5.75 Å². The second-order valence-electron chi connectivity index (χ2n) is 5.06. The van der Waals surface area contributed by atoms with E-state index in [0.29, 0.717) is 5.13 Å². The van der Waals surface area contributed by atoms with Crippen LogP contribution in [0.25, 0.3) is 11.3 Å². The highest BCUT2D eigenvalue weighted by atomic mass is 32.1. The number of anilines is 1. The molecule has 0 aliphatic carbocycles. The predicted octanol–water partition coefficient (Wildman–Crippen LogP) is 3.96. The Labute approximate surface area is 148 Å². The summed E-state index contributed by atoms with van der Waals surface area (Å²) in [7, 11) is 1.63. The average Bonchev–Trinajstić information content (AvgIpc) is 3.11. The van der Waals surface area contributed by atoms with E-state index in [1.807, 2.05) is 29.6 Å². The Hall–Kier alpha value is -3.19. The molecule has 25 heavy (non-hydrogen) atoms. The van der Waals surface area contributed by atoms with Crippen LogP contribution >= 0.6 is 11.3 Å². The molecule has 6 nitrogen and oxygen atoms in total. The van der Waals surface area contributed by atoms with E-state index in [1.54, 1.807) is 25.5 Å². The first-order valence-electron chi connectivity index (χ1n) is 7.38. The highest BCUT2D eigenvalue weighted by molar-refractivity contribution is 7.14. The number of carboxylic acids is 1. The van der Waals surface area contributed by atoms with Gasteiger partial charge in [-0.3, -0.25) is 5.43 Å². The van der Waals surface area contributed by atoms with Crippen molar-refractivity contribution in [1.82, 2.24) is 4.98 Å². The molecule has 0 atom stereocenters. The van der Waals surface area contributed by atoms with Gasteiger partial charge in [-0.25, -0.2) is 9.78 Å². The van der Waals surface area contributed by atoms with Gasteiger partial charge >= 0.3 is 5.97 Å². The van der Waals surface area contributed by atoms with E-state index < -0.39 is 5.97 Å². The van der Waals surface area contributed by atoms with E-state index >= 15 is 0 Å². The molecule has 0 fully saturated rings. The molecule has 0 aliphatic heterocycles. The number of benzene rings is 2. The number of hydrazone groups is 1. The predicted molar refractivity (Wildman–Crippen MR) is 98.7 cm³/mol. The van der Waals surface area contributed by atoms with Gasteiger partial charge in [-0.05, 0) is 42.0 Å². The molecule has 0 unspecified atom stereocenters.